The highest BCUT2D eigenvalue weighted by molar-refractivity contribution is 5.94. The molecule has 1 unspecified atom stereocenters. The highest BCUT2D eigenvalue weighted by atomic mass is 19.1. The number of halogens is 2. The average Bonchev–Trinajstić information content (AvgIpc) is 3.20. The van der Waals surface area contributed by atoms with Gasteiger partial charge < -0.3 is 20.4 Å². The molecule has 5 rings (SSSR count). The van der Waals surface area contributed by atoms with E-state index in [0.29, 0.717) is 54.1 Å². The fourth-order valence-electron chi connectivity index (χ4n) is 4.54. The number of benzene rings is 2. The third-order valence-corrected chi connectivity index (χ3v) is 6.63. The maximum atomic E-state index is 14.4. The molecule has 2 aliphatic heterocycles. The Labute approximate surface area is 201 Å². The van der Waals surface area contributed by atoms with Gasteiger partial charge in [0.1, 0.15) is 17.9 Å². The number of carbonyl (C=O) groups excluding carboxylic acids is 1. The summed E-state index contributed by atoms with van der Waals surface area (Å²) in [6.45, 7) is 3.03. The number of amides is 1. The van der Waals surface area contributed by atoms with Crippen molar-refractivity contribution in [3.8, 4) is 11.3 Å². The molecule has 3 heterocycles. The summed E-state index contributed by atoms with van der Waals surface area (Å²) in [4.78, 5) is 19.0. The van der Waals surface area contributed by atoms with E-state index in [-0.39, 0.29) is 23.7 Å². The molecule has 1 fully saturated rings. The van der Waals surface area contributed by atoms with Crippen molar-refractivity contribution in [2.45, 2.75) is 38.1 Å². The van der Waals surface area contributed by atoms with Gasteiger partial charge in [-0.2, -0.15) is 0 Å². The Balaban J connectivity index is 1.41. The van der Waals surface area contributed by atoms with Crippen molar-refractivity contribution in [3.63, 3.8) is 0 Å². The van der Waals surface area contributed by atoms with Crippen molar-refractivity contribution in [2.24, 2.45) is 0 Å². The van der Waals surface area contributed by atoms with E-state index in [1.807, 2.05) is 0 Å². The number of nitrogens with one attached hydrogen (secondary N) is 2. The second-order valence-corrected chi connectivity index (χ2v) is 9.29. The highest BCUT2D eigenvalue weighted by Gasteiger charge is 2.30. The molecule has 0 bridgehead atoms. The van der Waals surface area contributed by atoms with Crippen LogP contribution >= 0.6 is 0 Å². The molecule has 9 heteroatoms. The minimum Gasteiger partial charge on any atom is -0.390 e. The highest BCUT2D eigenvalue weighted by Crippen LogP contribution is 2.36. The number of aliphatic hydroxyl groups is 2. The minimum atomic E-state index is -0.975. The first kappa shape index (κ1) is 23.3. The molecule has 3 aromatic rings. The third kappa shape index (κ3) is 4.62. The van der Waals surface area contributed by atoms with Gasteiger partial charge in [-0.1, -0.05) is 6.07 Å². The molecule has 1 amide bonds. The topological polar surface area (TPSA) is 97.7 Å². The number of rotatable bonds is 4. The van der Waals surface area contributed by atoms with Crippen molar-refractivity contribution in [3.05, 3.63) is 77.0 Å². The summed E-state index contributed by atoms with van der Waals surface area (Å²) in [6, 6.07) is 12.0. The first-order valence-corrected chi connectivity index (χ1v) is 11.5. The van der Waals surface area contributed by atoms with Crippen molar-refractivity contribution < 1.29 is 23.8 Å². The predicted octanol–water partition coefficient (Wildman–Crippen LogP) is 3.85. The van der Waals surface area contributed by atoms with Crippen LogP contribution in [-0.2, 0) is 6.54 Å². The fourth-order valence-corrected chi connectivity index (χ4v) is 4.54. The first-order chi connectivity index (χ1) is 16.7. The molecule has 1 saturated heterocycles. The summed E-state index contributed by atoms with van der Waals surface area (Å²) >= 11 is 0. The zero-order chi connectivity index (χ0) is 24.7. The zero-order valence-electron chi connectivity index (χ0n) is 19.2. The Bertz CT molecular complexity index is 1250. The van der Waals surface area contributed by atoms with Gasteiger partial charge in [0.25, 0.3) is 5.91 Å². The molecule has 4 N–H and O–H groups in total. The Kier molecular flexibility index (Phi) is 6.00. The Hall–Kier alpha value is -3.40. The summed E-state index contributed by atoms with van der Waals surface area (Å²) in [7, 11) is 0. The molecule has 0 spiro atoms. The molecule has 2 aromatic carbocycles. The van der Waals surface area contributed by atoms with Gasteiger partial charge in [-0.25, -0.2) is 8.78 Å². The van der Waals surface area contributed by atoms with E-state index < -0.39 is 23.5 Å². The van der Waals surface area contributed by atoms with Gasteiger partial charge in [0.2, 0.25) is 0 Å². The van der Waals surface area contributed by atoms with Gasteiger partial charge in [0, 0.05) is 42.1 Å². The fraction of sp³-hybridized carbons (Fsp3) is 0.308. The Morgan fingerprint density at radius 2 is 1.80 bits per heavy atom. The van der Waals surface area contributed by atoms with Crippen LogP contribution in [0.25, 0.3) is 11.3 Å². The molecule has 0 aliphatic carbocycles. The molecule has 7 nitrogen and oxygen atoms in total. The molecular weight excluding hydrogens is 454 g/mol. The number of fused-ring (bicyclic) bond motifs is 1. The van der Waals surface area contributed by atoms with Gasteiger partial charge in [-0.3, -0.25) is 15.1 Å². The van der Waals surface area contributed by atoms with E-state index >= 15 is 0 Å². The van der Waals surface area contributed by atoms with Crippen LogP contribution in [0.3, 0.4) is 0 Å². The van der Waals surface area contributed by atoms with Gasteiger partial charge in [-0.05, 0) is 62.2 Å². The van der Waals surface area contributed by atoms with Crippen LogP contribution in [0.4, 0.5) is 20.2 Å². The maximum Gasteiger partial charge on any atom is 0.253 e. The van der Waals surface area contributed by atoms with E-state index in [9.17, 15) is 23.8 Å². The molecule has 1 aromatic heterocycles. The number of hydrogen-bond acceptors (Lipinski definition) is 6. The molecule has 182 valence electrons. The Morgan fingerprint density at radius 3 is 2.46 bits per heavy atom. The molecule has 0 radical (unpaired) electrons. The molecule has 35 heavy (non-hydrogen) atoms. The Morgan fingerprint density at radius 1 is 1.14 bits per heavy atom. The van der Waals surface area contributed by atoms with E-state index in [2.05, 4.69) is 15.6 Å². The van der Waals surface area contributed by atoms with E-state index in [1.54, 1.807) is 36.1 Å². The van der Waals surface area contributed by atoms with Crippen LogP contribution in [0.15, 0.2) is 48.5 Å². The largest absolute Gasteiger partial charge is 0.390 e. The van der Waals surface area contributed by atoms with Crippen LogP contribution in [0.5, 0.6) is 0 Å². The zero-order valence-corrected chi connectivity index (χ0v) is 19.2. The molecule has 0 saturated carbocycles. The molecule has 1 atom stereocenters. The number of piperidine rings is 1. The number of aromatic nitrogens is 1. The number of anilines is 2. The van der Waals surface area contributed by atoms with Crippen molar-refractivity contribution >= 4 is 17.3 Å². The smallest absolute Gasteiger partial charge is 0.253 e. The number of likely N-dealkylation sites (tertiary alicyclic amines) is 1. The lowest BCUT2D eigenvalue weighted by Crippen LogP contribution is -2.45. The van der Waals surface area contributed by atoms with E-state index in [0.717, 1.165) is 0 Å². The lowest BCUT2D eigenvalue weighted by molar-refractivity contribution is -0.00202. The van der Waals surface area contributed by atoms with Crippen LogP contribution in [-0.4, -0.2) is 44.7 Å². The number of hydrogen-bond donors (Lipinski definition) is 4. The van der Waals surface area contributed by atoms with Crippen LogP contribution in [0.2, 0.25) is 0 Å². The van der Waals surface area contributed by atoms with Crippen molar-refractivity contribution in [1.82, 2.24) is 15.2 Å². The molecular formula is C26H26F2N4O3. The van der Waals surface area contributed by atoms with E-state index in [1.165, 1.54) is 24.3 Å². The van der Waals surface area contributed by atoms with Gasteiger partial charge >= 0.3 is 0 Å². The maximum absolute atomic E-state index is 14.4. The second kappa shape index (κ2) is 8.99. The van der Waals surface area contributed by atoms with Crippen LogP contribution in [0, 0.1) is 11.6 Å². The summed E-state index contributed by atoms with van der Waals surface area (Å²) in [6.07, 6.45) is 0.0938. The number of carbonyl (C=O) groups is 1. The standard InChI is InChI=1S/C26H26F2N4O3/c1-26(35)9-11-32(12-10-26)25(34)15-5-7-16(8-6-15)30-20-13-19(22-17(27)3-2-4-18(22)28)31-21-14-29-24(33)23(20)21/h2-8,13,24,29,33,35H,9-12,14H2,1H3,(H,30,31). The lowest BCUT2D eigenvalue weighted by Gasteiger charge is -2.35. The van der Waals surface area contributed by atoms with Crippen molar-refractivity contribution in [1.29, 1.82) is 0 Å². The van der Waals surface area contributed by atoms with E-state index in [4.69, 9.17) is 0 Å². The summed E-state index contributed by atoms with van der Waals surface area (Å²) in [5.41, 5.74) is 1.76. The van der Waals surface area contributed by atoms with Crippen LogP contribution in [0.1, 0.15) is 47.6 Å². The number of aliphatic hydroxyl groups excluding tert-OH is 1. The quantitative estimate of drug-likeness (QED) is 0.453. The van der Waals surface area contributed by atoms with Crippen LogP contribution < -0.4 is 10.6 Å². The number of nitrogens with zero attached hydrogens (tertiary/aromatic N) is 2. The van der Waals surface area contributed by atoms with Gasteiger partial charge in [0.05, 0.1) is 22.6 Å². The summed E-state index contributed by atoms with van der Waals surface area (Å²) in [5.74, 6) is -1.55. The number of pyridine rings is 1. The monoisotopic (exact) mass is 480 g/mol. The lowest BCUT2D eigenvalue weighted by atomic mass is 9.93. The second-order valence-electron chi connectivity index (χ2n) is 9.29. The molecule has 2 aliphatic rings. The SMILES string of the molecule is CC1(O)CCN(C(=O)c2ccc(Nc3cc(-c4c(F)cccc4F)nc4c3C(O)NC4)cc2)CC1. The first-order valence-electron chi connectivity index (χ1n) is 11.5. The summed E-state index contributed by atoms with van der Waals surface area (Å²) in [5, 5.41) is 26.6. The summed E-state index contributed by atoms with van der Waals surface area (Å²) < 4.78 is 28.8. The minimum absolute atomic E-state index is 0.103. The normalized spacial score (nSPS) is 18.9. The van der Waals surface area contributed by atoms with Gasteiger partial charge in [0.15, 0.2) is 0 Å². The predicted molar refractivity (Wildman–Crippen MR) is 127 cm³/mol. The average molecular weight is 481 g/mol. The van der Waals surface area contributed by atoms with Crippen molar-refractivity contribution in [2.75, 3.05) is 18.4 Å². The third-order valence-electron chi connectivity index (χ3n) is 6.63. The van der Waals surface area contributed by atoms with Gasteiger partial charge in [-0.15, -0.1) is 0 Å².